The molecule has 1 aliphatic carbocycles. The maximum Gasteiger partial charge on any atom is 0.0754 e. The second kappa shape index (κ2) is 8.80. The maximum absolute atomic E-state index is 3.79. The van der Waals surface area contributed by atoms with Crippen molar-refractivity contribution in [3.05, 3.63) is 180 Å². The molecule has 0 aromatic heterocycles. The molecular weight excluding hydrogens is 506 g/mol. The van der Waals surface area contributed by atoms with Gasteiger partial charge in [-0.05, 0) is 96.7 Å². The first kappa shape index (κ1) is 23.3. The molecule has 0 unspecified atom stereocenters. The molecule has 1 heterocycles. The lowest BCUT2D eigenvalue weighted by Crippen LogP contribution is -2.33. The highest BCUT2D eigenvalue weighted by Crippen LogP contribution is 2.61. The smallest absolute Gasteiger partial charge is 0.0754 e. The lowest BCUT2D eigenvalue weighted by atomic mass is 9.65. The Balaban J connectivity index is 1.28. The van der Waals surface area contributed by atoms with E-state index in [9.17, 15) is 0 Å². The highest BCUT2D eigenvalue weighted by atomic mass is 14.9. The Hall–Kier alpha value is -5.40. The molecule has 9 rings (SSSR count). The summed E-state index contributed by atoms with van der Waals surface area (Å²) in [5, 5.41) is 6.29. The minimum absolute atomic E-state index is 0.391. The van der Waals surface area contributed by atoms with Gasteiger partial charge in [-0.15, -0.1) is 0 Å². The molecule has 1 heteroatoms. The van der Waals surface area contributed by atoms with Crippen LogP contribution < -0.4 is 5.32 Å². The molecule has 7 aromatic carbocycles. The van der Waals surface area contributed by atoms with Gasteiger partial charge in [0.1, 0.15) is 0 Å². The minimum atomic E-state index is -0.391. The van der Waals surface area contributed by atoms with Crippen LogP contribution in [0.4, 0.5) is 11.4 Å². The average molecular weight is 534 g/mol. The molecule has 0 bridgehead atoms. The zero-order valence-corrected chi connectivity index (χ0v) is 23.0. The van der Waals surface area contributed by atoms with Gasteiger partial charge >= 0.3 is 0 Å². The maximum atomic E-state index is 3.79. The Bertz CT molecular complexity index is 2130. The number of nitrogens with one attached hydrogen (secondary N) is 1. The quantitative estimate of drug-likeness (QED) is 0.233. The summed E-state index contributed by atoms with van der Waals surface area (Å²) in [6.45, 7) is 0. The van der Waals surface area contributed by atoms with Gasteiger partial charge < -0.3 is 5.32 Å². The Morgan fingerprint density at radius 2 is 0.857 bits per heavy atom. The third-order valence-electron chi connectivity index (χ3n) is 9.26. The van der Waals surface area contributed by atoms with Crippen molar-refractivity contribution in [1.82, 2.24) is 0 Å². The van der Waals surface area contributed by atoms with Crippen molar-refractivity contribution in [2.24, 2.45) is 0 Å². The number of fused-ring (bicyclic) bond motifs is 10. The number of benzene rings is 7. The van der Waals surface area contributed by atoms with Gasteiger partial charge in [0.15, 0.2) is 0 Å². The van der Waals surface area contributed by atoms with E-state index in [-0.39, 0.29) is 0 Å². The zero-order chi connectivity index (χ0) is 27.7. The lowest BCUT2D eigenvalue weighted by molar-refractivity contribution is 0.763. The molecule has 1 nitrogen and oxygen atoms in total. The van der Waals surface area contributed by atoms with Crippen LogP contribution in [-0.2, 0) is 5.41 Å². The Morgan fingerprint density at radius 3 is 1.57 bits per heavy atom. The molecule has 1 N–H and O–H groups in total. The summed E-state index contributed by atoms with van der Waals surface area (Å²) in [7, 11) is 0. The number of hydrogen-bond acceptors (Lipinski definition) is 1. The highest BCUT2D eigenvalue weighted by Gasteiger charge is 2.49. The van der Waals surface area contributed by atoms with E-state index in [0.717, 1.165) is 5.69 Å². The Morgan fingerprint density at radius 1 is 0.333 bits per heavy atom. The SMILES string of the molecule is c1ccc(-c2ccc3ccc(-c4ccc5c(c4)C4(c6ccccc6N5)c5ccccc5-c5ccccc54)cc3c2)cc1. The molecule has 0 amide bonds. The van der Waals surface area contributed by atoms with Crippen molar-refractivity contribution in [2.45, 2.75) is 5.41 Å². The van der Waals surface area contributed by atoms with Gasteiger partial charge in [0.25, 0.3) is 0 Å². The van der Waals surface area contributed by atoms with Crippen molar-refractivity contribution in [3.63, 3.8) is 0 Å². The summed E-state index contributed by atoms with van der Waals surface area (Å²) in [5.41, 5.74) is 14.8. The molecule has 0 saturated carbocycles. The predicted molar refractivity (Wildman–Crippen MR) is 175 cm³/mol. The van der Waals surface area contributed by atoms with Crippen LogP contribution in [-0.4, -0.2) is 0 Å². The van der Waals surface area contributed by atoms with Gasteiger partial charge in [0.05, 0.1) is 5.41 Å². The van der Waals surface area contributed by atoms with E-state index in [0.29, 0.717) is 0 Å². The fraction of sp³-hybridized carbons (Fsp3) is 0.0244. The zero-order valence-electron chi connectivity index (χ0n) is 23.0. The summed E-state index contributed by atoms with van der Waals surface area (Å²) in [4.78, 5) is 0. The van der Waals surface area contributed by atoms with E-state index in [1.165, 1.54) is 72.1 Å². The molecule has 2 aliphatic rings. The first-order valence-electron chi connectivity index (χ1n) is 14.6. The molecule has 42 heavy (non-hydrogen) atoms. The monoisotopic (exact) mass is 533 g/mol. The predicted octanol–water partition coefficient (Wildman–Crippen LogP) is 10.6. The Labute approximate surface area is 245 Å². The van der Waals surface area contributed by atoms with E-state index < -0.39 is 5.41 Å². The lowest BCUT2D eigenvalue weighted by Gasteiger charge is -2.40. The molecule has 7 aromatic rings. The van der Waals surface area contributed by atoms with E-state index in [1.807, 2.05) is 0 Å². The van der Waals surface area contributed by atoms with Crippen molar-refractivity contribution >= 4 is 22.1 Å². The van der Waals surface area contributed by atoms with Gasteiger partial charge in [-0.2, -0.15) is 0 Å². The first-order chi connectivity index (χ1) is 20.8. The molecular formula is C41H27N. The third-order valence-corrected chi connectivity index (χ3v) is 9.26. The topological polar surface area (TPSA) is 12.0 Å². The molecule has 196 valence electrons. The molecule has 0 saturated heterocycles. The second-order valence-electron chi connectivity index (χ2n) is 11.4. The van der Waals surface area contributed by atoms with Crippen LogP contribution in [0.25, 0.3) is 44.2 Å². The summed E-state index contributed by atoms with van der Waals surface area (Å²) in [6, 6.07) is 58.0. The fourth-order valence-corrected chi connectivity index (χ4v) is 7.40. The van der Waals surface area contributed by atoms with Crippen molar-refractivity contribution in [2.75, 3.05) is 5.32 Å². The number of hydrogen-bond donors (Lipinski definition) is 1. The van der Waals surface area contributed by atoms with Crippen LogP contribution in [0.3, 0.4) is 0 Å². The number of para-hydroxylation sites is 1. The minimum Gasteiger partial charge on any atom is -0.355 e. The van der Waals surface area contributed by atoms with Crippen LogP contribution >= 0.6 is 0 Å². The molecule has 0 fully saturated rings. The van der Waals surface area contributed by atoms with Gasteiger partial charge in [0.2, 0.25) is 0 Å². The standard InChI is InChI=1S/C41H27N/c1-2-10-27(11-3-1)29-20-18-28-19-21-30(25-32(28)24-29)31-22-23-40-38(26-31)41(37-16-8-9-17-39(37)42-40)35-14-6-4-12-33(35)34-13-5-7-15-36(34)41/h1-26,42H. The van der Waals surface area contributed by atoms with E-state index in [4.69, 9.17) is 0 Å². The van der Waals surface area contributed by atoms with E-state index in [2.05, 4.69) is 163 Å². The fourth-order valence-electron chi connectivity index (χ4n) is 7.40. The normalized spacial score (nSPS) is 13.6. The Kier molecular flexibility index (Phi) is 4.88. The second-order valence-corrected chi connectivity index (χ2v) is 11.4. The van der Waals surface area contributed by atoms with Gasteiger partial charge in [-0.3, -0.25) is 0 Å². The van der Waals surface area contributed by atoms with Crippen LogP contribution in [0.1, 0.15) is 22.3 Å². The van der Waals surface area contributed by atoms with Crippen LogP contribution in [0, 0.1) is 0 Å². The largest absolute Gasteiger partial charge is 0.355 e. The van der Waals surface area contributed by atoms with Crippen molar-refractivity contribution < 1.29 is 0 Å². The summed E-state index contributed by atoms with van der Waals surface area (Å²) >= 11 is 0. The van der Waals surface area contributed by atoms with E-state index >= 15 is 0 Å². The molecule has 1 aliphatic heterocycles. The van der Waals surface area contributed by atoms with Crippen molar-refractivity contribution in [3.8, 4) is 33.4 Å². The highest BCUT2D eigenvalue weighted by molar-refractivity contribution is 5.95. The summed E-state index contributed by atoms with van der Waals surface area (Å²) in [5.74, 6) is 0. The number of rotatable bonds is 2. The third kappa shape index (κ3) is 3.19. The molecule has 0 atom stereocenters. The summed E-state index contributed by atoms with van der Waals surface area (Å²) < 4.78 is 0. The summed E-state index contributed by atoms with van der Waals surface area (Å²) in [6.07, 6.45) is 0. The van der Waals surface area contributed by atoms with Crippen LogP contribution in [0.15, 0.2) is 158 Å². The molecule has 0 radical (unpaired) electrons. The van der Waals surface area contributed by atoms with Crippen LogP contribution in [0.2, 0.25) is 0 Å². The number of anilines is 2. The van der Waals surface area contributed by atoms with Gasteiger partial charge in [-0.1, -0.05) is 127 Å². The van der Waals surface area contributed by atoms with Gasteiger partial charge in [-0.25, -0.2) is 0 Å². The van der Waals surface area contributed by atoms with Crippen LogP contribution in [0.5, 0.6) is 0 Å². The average Bonchev–Trinajstić information content (AvgIpc) is 3.35. The first-order valence-corrected chi connectivity index (χ1v) is 14.6. The van der Waals surface area contributed by atoms with E-state index in [1.54, 1.807) is 0 Å². The van der Waals surface area contributed by atoms with Gasteiger partial charge in [0, 0.05) is 11.4 Å². The van der Waals surface area contributed by atoms with Crippen molar-refractivity contribution in [1.29, 1.82) is 0 Å². The molecule has 1 spiro atoms.